The summed E-state index contributed by atoms with van der Waals surface area (Å²) >= 11 is 0. The van der Waals surface area contributed by atoms with Crippen molar-refractivity contribution < 1.29 is 18.0 Å². The highest BCUT2D eigenvalue weighted by atomic mass is 19.4. The highest BCUT2D eigenvalue weighted by Crippen LogP contribution is 2.30. The summed E-state index contributed by atoms with van der Waals surface area (Å²) in [4.78, 5) is 12.0. The van der Waals surface area contributed by atoms with Gasteiger partial charge in [-0.1, -0.05) is 32.4 Å². The number of carbonyl (C=O) groups excluding carboxylic acids is 1. The molecule has 0 saturated heterocycles. The minimum atomic E-state index is -4.40. The van der Waals surface area contributed by atoms with Crippen molar-refractivity contribution in [3.05, 3.63) is 35.4 Å². The number of hydrogen-bond donors (Lipinski definition) is 2. The molecular formula is C15H21F3N2O. The average molecular weight is 302 g/mol. The highest BCUT2D eigenvalue weighted by Gasteiger charge is 2.31. The minimum Gasteiger partial charge on any atom is -0.348 e. The summed E-state index contributed by atoms with van der Waals surface area (Å²) < 4.78 is 38.0. The van der Waals surface area contributed by atoms with Crippen molar-refractivity contribution in [1.29, 1.82) is 0 Å². The standard InChI is InChI=1S/C15H21F3N2O/c1-4-9(2)13(19)14(21)20-10(3)11-6-5-7-12(8-11)15(16,17)18/h5-10,13H,4,19H2,1-3H3,(H,20,21). The first-order valence-corrected chi connectivity index (χ1v) is 6.90. The van der Waals surface area contributed by atoms with Crippen LogP contribution in [-0.2, 0) is 11.0 Å². The minimum absolute atomic E-state index is 0.0127. The molecule has 1 amide bonds. The molecule has 0 aromatic heterocycles. The number of rotatable bonds is 5. The molecule has 0 heterocycles. The number of nitrogens with two attached hydrogens (primary N) is 1. The number of hydrogen-bond acceptors (Lipinski definition) is 2. The maximum Gasteiger partial charge on any atom is 0.416 e. The first-order chi connectivity index (χ1) is 9.66. The zero-order valence-electron chi connectivity index (χ0n) is 12.4. The smallest absolute Gasteiger partial charge is 0.348 e. The van der Waals surface area contributed by atoms with Gasteiger partial charge >= 0.3 is 6.18 Å². The van der Waals surface area contributed by atoms with Gasteiger partial charge in [0.15, 0.2) is 0 Å². The van der Waals surface area contributed by atoms with Crippen molar-refractivity contribution in [2.24, 2.45) is 11.7 Å². The number of carbonyl (C=O) groups is 1. The summed E-state index contributed by atoms with van der Waals surface area (Å²) in [6, 6.07) is 3.73. The van der Waals surface area contributed by atoms with Gasteiger partial charge in [-0.25, -0.2) is 0 Å². The molecule has 0 spiro atoms. The Morgan fingerprint density at radius 1 is 1.33 bits per heavy atom. The number of amides is 1. The van der Waals surface area contributed by atoms with E-state index in [9.17, 15) is 18.0 Å². The number of nitrogens with one attached hydrogen (secondary N) is 1. The van der Waals surface area contributed by atoms with Crippen molar-refractivity contribution in [1.82, 2.24) is 5.32 Å². The zero-order valence-corrected chi connectivity index (χ0v) is 12.4. The van der Waals surface area contributed by atoms with Crippen LogP contribution in [0.3, 0.4) is 0 Å². The van der Waals surface area contributed by atoms with Crippen LogP contribution in [0, 0.1) is 5.92 Å². The molecule has 0 saturated carbocycles. The van der Waals surface area contributed by atoms with Gasteiger partial charge in [0.2, 0.25) is 5.91 Å². The largest absolute Gasteiger partial charge is 0.416 e. The maximum atomic E-state index is 12.7. The van der Waals surface area contributed by atoms with Gasteiger partial charge in [0.05, 0.1) is 17.6 Å². The molecule has 0 aliphatic heterocycles. The summed E-state index contributed by atoms with van der Waals surface area (Å²) in [5.41, 5.74) is 5.47. The predicted octanol–water partition coefficient (Wildman–Crippen LogP) is 3.26. The fourth-order valence-electron chi connectivity index (χ4n) is 1.89. The Morgan fingerprint density at radius 2 is 1.95 bits per heavy atom. The molecule has 3 nitrogen and oxygen atoms in total. The van der Waals surface area contributed by atoms with Gasteiger partial charge in [0.1, 0.15) is 0 Å². The molecule has 0 aliphatic rings. The van der Waals surface area contributed by atoms with Gasteiger partial charge in [-0.3, -0.25) is 4.79 Å². The molecule has 0 bridgehead atoms. The Kier molecular flexibility index (Phi) is 5.78. The molecule has 1 aromatic rings. The lowest BCUT2D eigenvalue weighted by atomic mass is 9.98. The van der Waals surface area contributed by atoms with Crippen molar-refractivity contribution >= 4 is 5.91 Å². The Bertz CT molecular complexity index is 488. The van der Waals surface area contributed by atoms with E-state index in [1.165, 1.54) is 6.07 Å². The van der Waals surface area contributed by atoms with E-state index < -0.39 is 23.8 Å². The fourth-order valence-corrected chi connectivity index (χ4v) is 1.89. The molecule has 3 atom stereocenters. The zero-order chi connectivity index (χ0) is 16.2. The SMILES string of the molecule is CCC(C)C(N)C(=O)NC(C)c1cccc(C(F)(F)F)c1. The van der Waals surface area contributed by atoms with Crippen LogP contribution in [0.1, 0.15) is 44.4 Å². The Morgan fingerprint density at radius 3 is 2.48 bits per heavy atom. The lowest BCUT2D eigenvalue weighted by Gasteiger charge is -2.21. The maximum absolute atomic E-state index is 12.7. The van der Waals surface area contributed by atoms with E-state index >= 15 is 0 Å². The topological polar surface area (TPSA) is 55.1 Å². The second-order valence-corrected chi connectivity index (χ2v) is 5.26. The summed E-state index contributed by atoms with van der Waals surface area (Å²) in [5.74, 6) is -0.340. The van der Waals surface area contributed by atoms with Gasteiger partial charge in [-0.2, -0.15) is 13.2 Å². The van der Waals surface area contributed by atoms with Gasteiger partial charge in [0.25, 0.3) is 0 Å². The summed E-state index contributed by atoms with van der Waals surface area (Å²) in [6.45, 7) is 5.42. The van der Waals surface area contributed by atoms with Gasteiger partial charge in [-0.15, -0.1) is 0 Å². The quantitative estimate of drug-likeness (QED) is 0.877. The molecule has 6 heteroatoms. The molecule has 0 radical (unpaired) electrons. The monoisotopic (exact) mass is 302 g/mol. The van der Waals surface area contributed by atoms with E-state index in [0.717, 1.165) is 18.6 Å². The van der Waals surface area contributed by atoms with E-state index in [0.29, 0.717) is 5.56 Å². The van der Waals surface area contributed by atoms with Crippen molar-refractivity contribution in [3.63, 3.8) is 0 Å². The Hall–Kier alpha value is -1.56. The molecule has 1 rings (SSSR count). The second-order valence-electron chi connectivity index (χ2n) is 5.26. The molecule has 1 aromatic carbocycles. The van der Waals surface area contributed by atoms with E-state index in [2.05, 4.69) is 5.32 Å². The van der Waals surface area contributed by atoms with Gasteiger partial charge in [0, 0.05) is 0 Å². The summed E-state index contributed by atoms with van der Waals surface area (Å²) in [5, 5.41) is 2.66. The van der Waals surface area contributed by atoms with Gasteiger partial charge < -0.3 is 11.1 Å². The molecule has 118 valence electrons. The van der Waals surface area contributed by atoms with Crippen molar-refractivity contribution in [2.75, 3.05) is 0 Å². The van der Waals surface area contributed by atoms with Crippen LogP contribution in [0.4, 0.5) is 13.2 Å². The number of alkyl halides is 3. The second kappa shape index (κ2) is 6.93. The first kappa shape index (κ1) is 17.5. The lowest BCUT2D eigenvalue weighted by molar-refractivity contribution is -0.137. The third-order valence-electron chi connectivity index (χ3n) is 3.63. The number of benzene rings is 1. The van der Waals surface area contributed by atoms with Crippen molar-refractivity contribution in [2.45, 2.75) is 45.5 Å². The highest BCUT2D eigenvalue weighted by molar-refractivity contribution is 5.82. The third kappa shape index (κ3) is 4.74. The van der Waals surface area contributed by atoms with E-state index in [4.69, 9.17) is 5.73 Å². The fraction of sp³-hybridized carbons (Fsp3) is 0.533. The molecule has 0 fully saturated rings. The van der Waals surface area contributed by atoms with E-state index in [1.54, 1.807) is 13.0 Å². The normalized spacial score (nSPS) is 16.1. The first-order valence-electron chi connectivity index (χ1n) is 6.90. The van der Waals surface area contributed by atoms with E-state index in [1.807, 2.05) is 13.8 Å². The number of halogens is 3. The molecular weight excluding hydrogens is 281 g/mol. The third-order valence-corrected chi connectivity index (χ3v) is 3.63. The molecule has 0 aliphatic carbocycles. The summed E-state index contributed by atoms with van der Waals surface area (Å²) in [7, 11) is 0. The van der Waals surface area contributed by atoms with Crippen LogP contribution in [-0.4, -0.2) is 11.9 Å². The van der Waals surface area contributed by atoms with Crippen LogP contribution >= 0.6 is 0 Å². The van der Waals surface area contributed by atoms with Crippen LogP contribution in [0.25, 0.3) is 0 Å². The Labute approximate surface area is 122 Å². The summed E-state index contributed by atoms with van der Waals surface area (Å²) in [6.07, 6.45) is -3.64. The van der Waals surface area contributed by atoms with Gasteiger partial charge in [-0.05, 0) is 30.5 Å². The Balaban J connectivity index is 2.81. The molecule has 3 unspecified atom stereocenters. The lowest BCUT2D eigenvalue weighted by Crippen LogP contribution is -2.45. The van der Waals surface area contributed by atoms with Crippen LogP contribution in [0.5, 0.6) is 0 Å². The van der Waals surface area contributed by atoms with Crippen LogP contribution < -0.4 is 11.1 Å². The predicted molar refractivity (Wildman–Crippen MR) is 75.4 cm³/mol. The van der Waals surface area contributed by atoms with E-state index in [-0.39, 0.29) is 11.8 Å². The van der Waals surface area contributed by atoms with Crippen molar-refractivity contribution in [3.8, 4) is 0 Å². The van der Waals surface area contributed by atoms with Crippen LogP contribution in [0.15, 0.2) is 24.3 Å². The molecule has 21 heavy (non-hydrogen) atoms. The van der Waals surface area contributed by atoms with Crippen LogP contribution in [0.2, 0.25) is 0 Å². The average Bonchev–Trinajstić information content (AvgIpc) is 2.44. The molecule has 3 N–H and O–H groups in total.